The maximum absolute atomic E-state index is 11.4. The molecule has 2 aromatic rings. The maximum atomic E-state index is 11.4. The van der Waals surface area contributed by atoms with Crippen molar-refractivity contribution < 1.29 is 9.53 Å². The molecule has 0 saturated heterocycles. The highest BCUT2D eigenvalue weighted by molar-refractivity contribution is 5.94. The van der Waals surface area contributed by atoms with Crippen molar-refractivity contribution in [3.8, 4) is 5.75 Å². The SMILES string of the molecule is CCCN(CCOc1cccc(Cc2cnc(N)c(C(N)=O)n2)c1)CC1CC1. The summed E-state index contributed by atoms with van der Waals surface area (Å²) in [4.78, 5) is 22.1. The molecule has 1 aliphatic rings. The number of anilines is 1. The fourth-order valence-electron chi connectivity index (χ4n) is 3.22. The molecule has 0 bridgehead atoms. The molecule has 3 rings (SSSR count). The molecule has 0 unspecified atom stereocenters. The molecule has 1 aliphatic carbocycles. The van der Waals surface area contributed by atoms with Gasteiger partial charge in [0.15, 0.2) is 11.5 Å². The van der Waals surface area contributed by atoms with Crippen molar-refractivity contribution in [1.82, 2.24) is 14.9 Å². The van der Waals surface area contributed by atoms with Crippen LogP contribution in [0.15, 0.2) is 30.5 Å². The second-order valence-corrected chi connectivity index (χ2v) is 7.38. The Morgan fingerprint density at radius 3 is 2.86 bits per heavy atom. The quantitative estimate of drug-likeness (QED) is 0.616. The van der Waals surface area contributed by atoms with Crippen LogP contribution in [0.4, 0.5) is 5.82 Å². The number of hydrogen-bond donors (Lipinski definition) is 2. The molecule has 1 heterocycles. The van der Waals surface area contributed by atoms with Gasteiger partial charge in [-0.3, -0.25) is 9.69 Å². The molecule has 1 amide bonds. The van der Waals surface area contributed by atoms with E-state index in [9.17, 15) is 4.79 Å². The summed E-state index contributed by atoms with van der Waals surface area (Å²) >= 11 is 0. The number of hydrogen-bond acceptors (Lipinski definition) is 6. The third-order valence-corrected chi connectivity index (χ3v) is 4.80. The van der Waals surface area contributed by atoms with E-state index in [4.69, 9.17) is 16.2 Å². The second kappa shape index (κ2) is 9.50. The van der Waals surface area contributed by atoms with Crippen molar-refractivity contribution in [2.75, 3.05) is 32.0 Å². The van der Waals surface area contributed by atoms with Gasteiger partial charge in [0.2, 0.25) is 0 Å². The van der Waals surface area contributed by atoms with E-state index in [0.29, 0.717) is 18.7 Å². The minimum absolute atomic E-state index is 0.0107. The number of primary amides is 1. The Morgan fingerprint density at radius 1 is 1.32 bits per heavy atom. The first-order valence-electron chi connectivity index (χ1n) is 9.90. The predicted molar refractivity (Wildman–Crippen MR) is 109 cm³/mol. The van der Waals surface area contributed by atoms with Crippen LogP contribution in [-0.4, -0.2) is 47.0 Å². The summed E-state index contributed by atoms with van der Waals surface area (Å²) in [5.41, 5.74) is 12.6. The van der Waals surface area contributed by atoms with Gasteiger partial charge in [0, 0.05) is 19.5 Å². The molecular formula is C21H29N5O2. The van der Waals surface area contributed by atoms with E-state index >= 15 is 0 Å². The Morgan fingerprint density at radius 2 is 2.14 bits per heavy atom. The molecule has 0 aliphatic heterocycles. The fraction of sp³-hybridized carbons (Fsp3) is 0.476. The zero-order valence-electron chi connectivity index (χ0n) is 16.4. The summed E-state index contributed by atoms with van der Waals surface area (Å²) in [5, 5.41) is 0. The van der Waals surface area contributed by atoms with Crippen LogP contribution in [-0.2, 0) is 6.42 Å². The Hall–Kier alpha value is -2.67. The third-order valence-electron chi connectivity index (χ3n) is 4.80. The second-order valence-electron chi connectivity index (χ2n) is 7.38. The lowest BCUT2D eigenvalue weighted by Gasteiger charge is -2.21. The van der Waals surface area contributed by atoms with Crippen LogP contribution in [0.25, 0.3) is 0 Å². The van der Waals surface area contributed by atoms with Crippen molar-refractivity contribution in [1.29, 1.82) is 0 Å². The van der Waals surface area contributed by atoms with E-state index in [2.05, 4.69) is 21.8 Å². The van der Waals surface area contributed by atoms with Gasteiger partial charge in [-0.25, -0.2) is 9.97 Å². The average Bonchev–Trinajstić information content (AvgIpc) is 3.48. The van der Waals surface area contributed by atoms with Crippen LogP contribution >= 0.6 is 0 Å². The Bertz CT molecular complexity index is 807. The molecular weight excluding hydrogens is 354 g/mol. The van der Waals surface area contributed by atoms with Crippen LogP contribution in [0.1, 0.15) is 47.9 Å². The van der Waals surface area contributed by atoms with Gasteiger partial charge in [-0.2, -0.15) is 0 Å². The molecule has 150 valence electrons. The molecule has 4 N–H and O–H groups in total. The van der Waals surface area contributed by atoms with E-state index in [0.717, 1.165) is 36.7 Å². The van der Waals surface area contributed by atoms with Crippen LogP contribution in [0, 0.1) is 5.92 Å². The number of benzene rings is 1. The molecule has 0 atom stereocenters. The molecule has 1 aromatic heterocycles. The first-order chi connectivity index (χ1) is 13.5. The van der Waals surface area contributed by atoms with E-state index in [-0.39, 0.29) is 11.5 Å². The summed E-state index contributed by atoms with van der Waals surface area (Å²) in [6.45, 7) is 6.14. The van der Waals surface area contributed by atoms with Gasteiger partial charge in [0.05, 0.1) is 11.9 Å². The zero-order valence-corrected chi connectivity index (χ0v) is 16.4. The monoisotopic (exact) mass is 383 g/mol. The minimum Gasteiger partial charge on any atom is -0.492 e. The van der Waals surface area contributed by atoms with Gasteiger partial charge in [-0.1, -0.05) is 19.1 Å². The lowest BCUT2D eigenvalue weighted by molar-refractivity contribution is 0.0996. The lowest BCUT2D eigenvalue weighted by atomic mass is 10.1. The Balaban J connectivity index is 1.56. The topological polar surface area (TPSA) is 107 Å². The summed E-state index contributed by atoms with van der Waals surface area (Å²) < 4.78 is 5.97. The standard InChI is InChI=1S/C21H29N5O2/c1-2-8-26(14-15-6-7-15)9-10-28-18-5-3-4-16(12-18)11-17-13-24-20(22)19(25-17)21(23)27/h3-5,12-13,15H,2,6-11,14H2,1H3,(H2,22,24)(H2,23,27). The number of nitrogen functional groups attached to an aromatic ring is 1. The van der Waals surface area contributed by atoms with Gasteiger partial charge in [0.1, 0.15) is 12.4 Å². The number of rotatable bonds is 11. The zero-order chi connectivity index (χ0) is 19.9. The summed E-state index contributed by atoms with van der Waals surface area (Å²) in [6, 6.07) is 7.90. The fourth-order valence-corrected chi connectivity index (χ4v) is 3.22. The van der Waals surface area contributed by atoms with E-state index in [1.807, 2.05) is 24.3 Å². The first kappa shape index (κ1) is 20.1. The van der Waals surface area contributed by atoms with Crippen molar-refractivity contribution in [2.24, 2.45) is 11.7 Å². The van der Waals surface area contributed by atoms with Gasteiger partial charge in [-0.15, -0.1) is 0 Å². The van der Waals surface area contributed by atoms with Crippen LogP contribution in [0.5, 0.6) is 5.75 Å². The molecule has 1 aromatic carbocycles. The molecule has 7 nitrogen and oxygen atoms in total. The Kier molecular flexibility index (Phi) is 6.81. The number of carbonyl (C=O) groups excluding carboxylic acids is 1. The molecule has 0 radical (unpaired) electrons. The van der Waals surface area contributed by atoms with E-state index in [1.165, 1.54) is 19.4 Å². The minimum atomic E-state index is -0.674. The van der Waals surface area contributed by atoms with E-state index in [1.54, 1.807) is 6.20 Å². The van der Waals surface area contributed by atoms with Gasteiger partial charge in [0.25, 0.3) is 5.91 Å². The number of ether oxygens (including phenoxy) is 1. The predicted octanol–water partition coefficient (Wildman–Crippen LogP) is 2.25. The van der Waals surface area contributed by atoms with Crippen molar-refractivity contribution in [3.63, 3.8) is 0 Å². The maximum Gasteiger partial charge on any atom is 0.271 e. The molecule has 1 saturated carbocycles. The van der Waals surface area contributed by atoms with Crippen LogP contribution < -0.4 is 16.2 Å². The summed E-state index contributed by atoms with van der Waals surface area (Å²) in [6.07, 6.45) is 5.99. The Labute approximate surface area is 166 Å². The molecule has 0 spiro atoms. The number of nitrogens with zero attached hydrogens (tertiary/aromatic N) is 3. The van der Waals surface area contributed by atoms with Crippen LogP contribution in [0.2, 0.25) is 0 Å². The smallest absolute Gasteiger partial charge is 0.271 e. The van der Waals surface area contributed by atoms with E-state index < -0.39 is 5.91 Å². The van der Waals surface area contributed by atoms with Gasteiger partial charge < -0.3 is 16.2 Å². The third kappa shape index (κ3) is 5.92. The highest BCUT2D eigenvalue weighted by atomic mass is 16.5. The lowest BCUT2D eigenvalue weighted by Crippen LogP contribution is -2.31. The normalized spacial score (nSPS) is 13.6. The largest absolute Gasteiger partial charge is 0.492 e. The first-order valence-corrected chi connectivity index (χ1v) is 9.90. The number of nitrogens with two attached hydrogens (primary N) is 2. The number of carbonyl (C=O) groups is 1. The highest BCUT2D eigenvalue weighted by Crippen LogP contribution is 2.29. The van der Waals surface area contributed by atoms with Crippen LogP contribution in [0.3, 0.4) is 0 Å². The van der Waals surface area contributed by atoms with Gasteiger partial charge in [-0.05, 0) is 49.4 Å². The van der Waals surface area contributed by atoms with Crippen molar-refractivity contribution in [2.45, 2.75) is 32.6 Å². The van der Waals surface area contributed by atoms with Gasteiger partial charge >= 0.3 is 0 Å². The molecule has 1 fully saturated rings. The van der Waals surface area contributed by atoms with Crippen molar-refractivity contribution in [3.05, 3.63) is 47.4 Å². The number of aromatic nitrogens is 2. The van der Waals surface area contributed by atoms with Crippen molar-refractivity contribution >= 4 is 11.7 Å². The summed E-state index contributed by atoms with van der Waals surface area (Å²) in [5.74, 6) is 1.10. The highest BCUT2D eigenvalue weighted by Gasteiger charge is 2.23. The summed E-state index contributed by atoms with van der Waals surface area (Å²) in [7, 11) is 0. The molecule has 28 heavy (non-hydrogen) atoms. The number of amides is 1. The molecule has 7 heteroatoms. The average molecular weight is 383 g/mol.